The van der Waals surface area contributed by atoms with Crippen LogP contribution in [-0.2, 0) is 24.2 Å². The highest BCUT2D eigenvalue weighted by Crippen LogP contribution is 2.40. The molecule has 0 saturated carbocycles. The summed E-state index contributed by atoms with van der Waals surface area (Å²) in [6.07, 6.45) is 0.559. The van der Waals surface area contributed by atoms with Crippen LogP contribution in [0.3, 0.4) is 0 Å². The van der Waals surface area contributed by atoms with Crippen molar-refractivity contribution in [2.24, 2.45) is 5.92 Å². The van der Waals surface area contributed by atoms with Gasteiger partial charge in [-0.2, -0.15) is 11.8 Å². The number of fused-ring (bicyclic) bond motifs is 1. The number of amides is 3. The third kappa shape index (κ3) is 10.9. The highest BCUT2D eigenvalue weighted by atomic mass is 32.2. The van der Waals surface area contributed by atoms with E-state index in [2.05, 4.69) is 16.0 Å². The van der Waals surface area contributed by atoms with E-state index in [1.165, 1.54) is 18.7 Å². The van der Waals surface area contributed by atoms with E-state index in [1.54, 1.807) is 0 Å². The van der Waals surface area contributed by atoms with Crippen LogP contribution in [0.2, 0.25) is 0 Å². The monoisotopic (exact) mass is 708 g/mol. The number of β-amino-alcohol motifs (C(OH)–C–C–N with tert-alkyl or cyclic N) is 1. The number of hydrogen-bond acceptors (Lipinski definition) is 9. The molecule has 47 heavy (non-hydrogen) atoms. The second kappa shape index (κ2) is 16.2. The van der Waals surface area contributed by atoms with Gasteiger partial charge in [-0.25, -0.2) is 12.8 Å². The van der Waals surface area contributed by atoms with Gasteiger partial charge < -0.3 is 21.1 Å². The first-order valence-electron chi connectivity index (χ1n) is 15.7. The van der Waals surface area contributed by atoms with Gasteiger partial charge >= 0.3 is 0 Å². The molecule has 6 atom stereocenters. The first-order valence-corrected chi connectivity index (χ1v) is 19.4. The fraction of sp³-hybridized carbons (Fsp3) is 0.545. The second-order valence-corrected chi connectivity index (χ2v) is 17.7. The number of piperidine rings is 1. The van der Waals surface area contributed by atoms with Gasteiger partial charge in [-0.15, -0.1) is 11.8 Å². The Morgan fingerprint density at radius 1 is 1.09 bits per heavy atom. The summed E-state index contributed by atoms with van der Waals surface area (Å²) >= 11 is 3.30. The molecule has 4 N–H and O–H groups in total. The van der Waals surface area contributed by atoms with Gasteiger partial charge in [0.1, 0.15) is 11.9 Å². The van der Waals surface area contributed by atoms with E-state index in [0.29, 0.717) is 24.1 Å². The highest BCUT2D eigenvalue weighted by Gasteiger charge is 2.43. The molecule has 0 unspecified atom stereocenters. The van der Waals surface area contributed by atoms with Gasteiger partial charge in [-0.05, 0) is 81.7 Å². The Hall–Kier alpha value is -2.65. The third-order valence-electron chi connectivity index (χ3n) is 8.15. The number of carbonyl (C=O) groups is 3. The molecule has 0 bridgehead atoms. The van der Waals surface area contributed by atoms with Gasteiger partial charge in [0.2, 0.25) is 17.7 Å². The maximum absolute atomic E-state index is 13.7. The lowest BCUT2D eigenvalue weighted by molar-refractivity contribution is -0.131. The number of carbonyl (C=O) groups excluding carboxylic acids is 3. The minimum atomic E-state index is -4.11. The SMILES string of the molecule is CC(=O)N[C@H](CS(=O)(=O)c1ccc(F)cc1)C(=O)N[C@@H](CSc1ccccc1)[C@H](O)CN1C[C@H]2CCS[C@H]2C[C@H]1C(=O)NC(C)(C)C. The molecule has 3 amide bonds. The lowest BCUT2D eigenvalue weighted by atomic mass is 9.89. The molecule has 2 fully saturated rings. The molecule has 4 rings (SSSR count). The summed E-state index contributed by atoms with van der Waals surface area (Å²) < 4.78 is 39.8. The lowest BCUT2D eigenvalue weighted by Crippen LogP contribution is -2.61. The number of hydrogen-bond donors (Lipinski definition) is 4. The van der Waals surface area contributed by atoms with Gasteiger partial charge in [0.25, 0.3) is 0 Å². The topological polar surface area (TPSA) is 145 Å². The van der Waals surface area contributed by atoms with Crippen LogP contribution in [0.1, 0.15) is 40.5 Å². The zero-order chi connectivity index (χ0) is 34.4. The molecule has 0 radical (unpaired) electrons. The summed E-state index contributed by atoms with van der Waals surface area (Å²) in [5.41, 5.74) is -0.434. The molecule has 2 aromatic rings. The van der Waals surface area contributed by atoms with Gasteiger partial charge in [0.05, 0.1) is 28.8 Å². The van der Waals surface area contributed by atoms with Crippen LogP contribution in [0.15, 0.2) is 64.4 Å². The van der Waals surface area contributed by atoms with Crippen molar-refractivity contribution in [1.82, 2.24) is 20.9 Å². The minimum absolute atomic E-state index is 0.105. The van der Waals surface area contributed by atoms with Crippen molar-refractivity contribution in [3.8, 4) is 0 Å². The zero-order valence-electron chi connectivity index (χ0n) is 27.1. The summed E-state index contributed by atoms with van der Waals surface area (Å²) in [4.78, 5) is 42.0. The fourth-order valence-electron chi connectivity index (χ4n) is 5.88. The number of aliphatic hydroxyl groups excluding tert-OH is 1. The number of benzene rings is 2. The first-order chi connectivity index (χ1) is 22.1. The maximum atomic E-state index is 13.7. The van der Waals surface area contributed by atoms with Crippen LogP contribution in [-0.4, -0.2) is 102 Å². The summed E-state index contributed by atoms with van der Waals surface area (Å²) in [6, 6.07) is 10.9. The zero-order valence-corrected chi connectivity index (χ0v) is 29.6. The van der Waals surface area contributed by atoms with Crippen LogP contribution in [0.5, 0.6) is 0 Å². The summed E-state index contributed by atoms with van der Waals surface area (Å²) in [6.45, 7) is 7.69. The van der Waals surface area contributed by atoms with E-state index in [9.17, 15) is 32.3 Å². The van der Waals surface area contributed by atoms with Crippen molar-refractivity contribution >= 4 is 51.1 Å². The summed E-state index contributed by atoms with van der Waals surface area (Å²) in [5.74, 6) is -1.22. The normalized spacial score (nSPS) is 22.0. The van der Waals surface area contributed by atoms with Crippen LogP contribution >= 0.6 is 23.5 Å². The largest absolute Gasteiger partial charge is 0.390 e. The summed E-state index contributed by atoms with van der Waals surface area (Å²) in [7, 11) is -4.11. The van der Waals surface area contributed by atoms with E-state index in [4.69, 9.17) is 0 Å². The summed E-state index contributed by atoms with van der Waals surface area (Å²) in [5, 5.41) is 20.4. The quantitative estimate of drug-likeness (QED) is 0.182. The molecule has 10 nitrogen and oxygen atoms in total. The van der Waals surface area contributed by atoms with Crippen molar-refractivity contribution in [1.29, 1.82) is 0 Å². The lowest BCUT2D eigenvalue weighted by Gasteiger charge is -2.43. The van der Waals surface area contributed by atoms with Crippen molar-refractivity contribution in [3.05, 3.63) is 60.4 Å². The number of nitrogens with one attached hydrogen (secondary N) is 3. The first kappa shape index (κ1) is 37.2. The predicted octanol–water partition coefficient (Wildman–Crippen LogP) is 2.85. The Bertz CT molecular complexity index is 1490. The van der Waals surface area contributed by atoms with Crippen molar-refractivity contribution in [2.75, 3.05) is 30.3 Å². The Balaban J connectivity index is 1.55. The van der Waals surface area contributed by atoms with Gasteiger partial charge in [0, 0.05) is 41.5 Å². The van der Waals surface area contributed by atoms with Gasteiger partial charge in [-0.3, -0.25) is 19.3 Å². The van der Waals surface area contributed by atoms with E-state index in [-0.39, 0.29) is 23.1 Å². The third-order valence-corrected chi connectivity index (χ3v) is 12.5. The van der Waals surface area contributed by atoms with E-state index in [1.807, 2.05) is 67.8 Å². The average molecular weight is 709 g/mol. The number of nitrogens with zero attached hydrogens (tertiary/aromatic N) is 1. The number of aliphatic hydroxyl groups is 1. The van der Waals surface area contributed by atoms with Crippen LogP contribution in [0.4, 0.5) is 4.39 Å². The van der Waals surface area contributed by atoms with Crippen LogP contribution in [0.25, 0.3) is 0 Å². The molecule has 14 heteroatoms. The molecule has 2 aliphatic heterocycles. The predicted molar refractivity (Wildman–Crippen MR) is 183 cm³/mol. The molecular formula is C33H45FN4O6S3. The molecule has 0 spiro atoms. The van der Waals surface area contributed by atoms with Crippen LogP contribution in [0, 0.1) is 11.7 Å². The highest BCUT2D eigenvalue weighted by molar-refractivity contribution is 8.00. The number of likely N-dealkylation sites (tertiary alicyclic amines) is 1. The molecule has 2 aliphatic rings. The van der Waals surface area contributed by atoms with Gasteiger partial charge in [-0.1, -0.05) is 18.2 Å². The average Bonchev–Trinajstić information content (AvgIpc) is 3.45. The van der Waals surface area contributed by atoms with E-state index >= 15 is 0 Å². The Labute approximate surface area is 285 Å². The second-order valence-electron chi connectivity index (χ2n) is 13.2. The van der Waals surface area contributed by atoms with Crippen molar-refractivity contribution in [2.45, 2.75) is 85.3 Å². The van der Waals surface area contributed by atoms with Gasteiger partial charge in [0.15, 0.2) is 9.84 Å². The Morgan fingerprint density at radius 3 is 2.40 bits per heavy atom. The Morgan fingerprint density at radius 2 is 1.77 bits per heavy atom. The molecule has 0 aliphatic carbocycles. The standard InChI is InChI=1S/C33H45FN4O6S3/c1-21(39)35-27(20-47(43,44)25-12-10-23(34)11-13-25)31(41)36-26(19-46-24-8-6-5-7-9-24)29(40)18-38-17-22-14-15-45-30(22)16-28(38)32(42)37-33(2,3)4/h5-13,22,26-30,40H,14-20H2,1-4H3,(H,35,39)(H,36,41)(H,37,42)/t22-,26+,27-,28+,29-,30+/m1/s1. The Kier molecular flexibility index (Phi) is 12.8. The smallest absolute Gasteiger partial charge is 0.243 e. The molecule has 0 aromatic heterocycles. The molecular weight excluding hydrogens is 664 g/mol. The van der Waals surface area contributed by atoms with Crippen molar-refractivity contribution in [3.63, 3.8) is 0 Å². The molecule has 2 saturated heterocycles. The number of rotatable bonds is 13. The van der Waals surface area contributed by atoms with Crippen molar-refractivity contribution < 1.29 is 32.3 Å². The number of halogens is 1. The minimum Gasteiger partial charge on any atom is -0.390 e. The van der Waals surface area contributed by atoms with E-state index < -0.39 is 63.0 Å². The van der Waals surface area contributed by atoms with E-state index in [0.717, 1.165) is 41.3 Å². The number of thioether (sulfide) groups is 2. The molecule has 258 valence electrons. The van der Waals surface area contributed by atoms with Crippen LogP contribution < -0.4 is 16.0 Å². The number of sulfone groups is 1. The molecule has 2 aromatic carbocycles. The molecule has 2 heterocycles. The maximum Gasteiger partial charge on any atom is 0.243 e. The fourth-order valence-corrected chi connectivity index (χ4v) is 9.87.